The molecule has 1 N–H and O–H groups in total. The zero-order chi connectivity index (χ0) is 26.5. The van der Waals surface area contributed by atoms with Gasteiger partial charge in [0.1, 0.15) is 12.4 Å². The minimum Gasteiger partial charge on any atom is -0.512 e. The molecule has 6 nitrogen and oxygen atoms in total. The van der Waals surface area contributed by atoms with Gasteiger partial charge in [-0.3, -0.25) is 4.90 Å². The third-order valence-corrected chi connectivity index (χ3v) is 10.0. The maximum atomic E-state index is 9.93. The molecular weight excluding hydrogens is 506 g/mol. The van der Waals surface area contributed by atoms with Crippen LogP contribution < -0.4 is 9.64 Å². The van der Waals surface area contributed by atoms with Gasteiger partial charge in [-0.2, -0.15) is 0 Å². The van der Waals surface area contributed by atoms with Crippen LogP contribution in [0, 0.1) is 25.7 Å². The summed E-state index contributed by atoms with van der Waals surface area (Å²) < 4.78 is 12.1. The second-order valence-corrected chi connectivity index (χ2v) is 12.5. The molecule has 204 valence electrons. The Morgan fingerprint density at radius 2 is 2.00 bits per heavy atom. The largest absolute Gasteiger partial charge is 0.512 e. The molecular formula is C32H37N3O3S. The van der Waals surface area contributed by atoms with Gasteiger partial charge in [0, 0.05) is 68.2 Å². The maximum Gasteiger partial charge on any atom is 0.185 e. The number of aliphatic hydroxyl groups is 1. The molecule has 4 heterocycles. The lowest BCUT2D eigenvalue weighted by atomic mass is 9.83. The lowest BCUT2D eigenvalue weighted by molar-refractivity contribution is 0.0289. The van der Waals surface area contributed by atoms with E-state index in [1.165, 1.54) is 22.3 Å². The van der Waals surface area contributed by atoms with E-state index in [1.807, 2.05) is 6.08 Å². The zero-order valence-electron chi connectivity index (χ0n) is 22.9. The van der Waals surface area contributed by atoms with Crippen LogP contribution in [0.2, 0.25) is 0 Å². The summed E-state index contributed by atoms with van der Waals surface area (Å²) in [6.07, 6.45) is 5.39. The summed E-state index contributed by atoms with van der Waals surface area (Å²) in [6, 6.07) is 11.7. The first-order valence-electron chi connectivity index (χ1n) is 14.3. The molecule has 0 unspecified atom stereocenters. The number of hydrogen-bond donors (Lipinski definition) is 1. The average molecular weight is 544 g/mol. The Kier molecular flexibility index (Phi) is 6.61. The molecule has 4 aliphatic rings. The number of rotatable bonds is 6. The topological polar surface area (TPSA) is 58.1 Å². The van der Waals surface area contributed by atoms with Crippen molar-refractivity contribution >= 4 is 16.5 Å². The molecule has 2 fully saturated rings. The lowest BCUT2D eigenvalue weighted by Gasteiger charge is -2.38. The minimum absolute atomic E-state index is 0.278. The van der Waals surface area contributed by atoms with E-state index in [4.69, 9.17) is 14.5 Å². The van der Waals surface area contributed by atoms with Crippen LogP contribution in [-0.4, -0.2) is 53.9 Å². The number of para-hydroxylation sites is 1. The van der Waals surface area contributed by atoms with Crippen molar-refractivity contribution in [1.29, 1.82) is 0 Å². The van der Waals surface area contributed by atoms with E-state index in [0.29, 0.717) is 24.3 Å². The fourth-order valence-corrected chi connectivity index (χ4v) is 7.68. The zero-order valence-corrected chi connectivity index (χ0v) is 23.7. The molecule has 2 aromatic carbocycles. The predicted octanol–water partition coefficient (Wildman–Crippen LogP) is 6.05. The Balaban J connectivity index is 1.06. The smallest absolute Gasteiger partial charge is 0.185 e. The SMILES string of the molecule is Cc1cc(COc2c(C)cccc2-c2csc(N3C[C@@H]4C(O)=C[C@H]4C3)n2)cc2c1CN(C1CCOCC1)CC2. The minimum atomic E-state index is 0.278. The number of aryl methyl sites for hydroxylation is 2. The van der Waals surface area contributed by atoms with Gasteiger partial charge in [-0.05, 0) is 73.1 Å². The van der Waals surface area contributed by atoms with Crippen molar-refractivity contribution in [2.75, 3.05) is 37.7 Å². The van der Waals surface area contributed by atoms with Gasteiger partial charge in [0.05, 0.1) is 11.5 Å². The summed E-state index contributed by atoms with van der Waals surface area (Å²) in [5.74, 6) is 2.19. The third kappa shape index (κ3) is 4.75. The molecule has 2 atom stereocenters. The first-order valence-corrected chi connectivity index (χ1v) is 15.2. The van der Waals surface area contributed by atoms with Gasteiger partial charge in [-0.1, -0.05) is 24.3 Å². The molecule has 7 heteroatoms. The maximum absolute atomic E-state index is 9.93. The lowest BCUT2D eigenvalue weighted by Crippen LogP contribution is -2.42. The van der Waals surface area contributed by atoms with Crippen LogP contribution in [0.4, 0.5) is 5.13 Å². The Morgan fingerprint density at radius 3 is 2.82 bits per heavy atom. The van der Waals surface area contributed by atoms with E-state index >= 15 is 0 Å². The predicted molar refractivity (Wildman–Crippen MR) is 156 cm³/mol. The van der Waals surface area contributed by atoms with Crippen LogP contribution in [0.5, 0.6) is 5.75 Å². The number of aliphatic hydroxyl groups excluding tert-OH is 1. The van der Waals surface area contributed by atoms with Crippen LogP contribution in [0.3, 0.4) is 0 Å². The van der Waals surface area contributed by atoms with E-state index in [9.17, 15) is 5.11 Å². The van der Waals surface area contributed by atoms with Gasteiger partial charge in [-0.25, -0.2) is 4.98 Å². The van der Waals surface area contributed by atoms with Gasteiger partial charge in [0.25, 0.3) is 0 Å². The van der Waals surface area contributed by atoms with E-state index < -0.39 is 0 Å². The molecule has 0 radical (unpaired) electrons. The molecule has 1 aromatic heterocycles. The van der Waals surface area contributed by atoms with Crippen LogP contribution in [0.25, 0.3) is 11.3 Å². The Labute approximate surface area is 234 Å². The Bertz CT molecular complexity index is 1410. The molecule has 0 saturated carbocycles. The van der Waals surface area contributed by atoms with Gasteiger partial charge in [-0.15, -0.1) is 11.3 Å². The third-order valence-electron chi connectivity index (χ3n) is 9.13. The summed E-state index contributed by atoms with van der Waals surface area (Å²) >= 11 is 1.68. The van der Waals surface area contributed by atoms with Crippen LogP contribution in [-0.2, 0) is 24.3 Å². The highest BCUT2D eigenvalue weighted by atomic mass is 32.1. The van der Waals surface area contributed by atoms with Crippen molar-refractivity contribution in [1.82, 2.24) is 9.88 Å². The van der Waals surface area contributed by atoms with Crippen molar-refractivity contribution in [3.8, 4) is 17.0 Å². The summed E-state index contributed by atoms with van der Waals surface area (Å²) in [5, 5.41) is 13.1. The second kappa shape index (κ2) is 10.3. The van der Waals surface area contributed by atoms with Crippen LogP contribution in [0.1, 0.15) is 40.7 Å². The van der Waals surface area contributed by atoms with Crippen LogP contribution >= 0.6 is 11.3 Å². The van der Waals surface area contributed by atoms with Gasteiger partial charge >= 0.3 is 0 Å². The highest BCUT2D eigenvalue weighted by molar-refractivity contribution is 7.14. The fourth-order valence-electron chi connectivity index (χ4n) is 6.84. The number of benzene rings is 2. The molecule has 7 rings (SSSR count). The van der Waals surface area contributed by atoms with Crippen molar-refractivity contribution in [3.63, 3.8) is 0 Å². The summed E-state index contributed by atoms with van der Waals surface area (Å²) in [5.41, 5.74) is 8.71. The molecule has 2 saturated heterocycles. The fraction of sp³-hybridized carbons (Fsp3) is 0.469. The second-order valence-electron chi connectivity index (χ2n) is 11.6. The molecule has 0 bridgehead atoms. The summed E-state index contributed by atoms with van der Waals surface area (Å²) in [4.78, 5) is 9.98. The van der Waals surface area contributed by atoms with E-state index in [0.717, 1.165) is 86.4 Å². The van der Waals surface area contributed by atoms with Crippen LogP contribution in [0.15, 0.2) is 47.5 Å². The van der Waals surface area contributed by atoms with Crippen molar-refractivity contribution in [2.45, 2.75) is 52.3 Å². The van der Waals surface area contributed by atoms with E-state index in [2.05, 4.69) is 59.4 Å². The van der Waals surface area contributed by atoms with Crippen molar-refractivity contribution in [3.05, 3.63) is 75.4 Å². The molecule has 3 aromatic rings. The number of hydrogen-bond acceptors (Lipinski definition) is 7. The number of thiazole rings is 1. The molecule has 0 amide bonds. The van der Waals surface area contributed by atoms with Gasteiger partial charge < -0.3 is 19.5 Å². The summed E-state index contributed by atoms with van der Waals surface area (Å²) in [7, 11) is 0. The van der Waals surface area contributed by atoms with Gasteiger partial charge in [0.2, 0.25) is 0 Å². The highest BCUT2D eigenvalue weighted by Gasteiger charge is 2.41. The van der Waals surface area contributed by atoms with Crippen molar-refractivity contribution in [2.24, 2.45) is 11.8 Å². The number of anilines is 1. The number of ether oxygens (including phenoxy) is 2. The van der Waals surface area contributed by atoms with Gasteiger partial charge in [0.15, 0.2) is 5.13 Å². The Morgan fingerprint density at radius 1 is 1.13 bits per heavy atom. The molecule has 39 heavy (non-hydrogen) atoms. The highest BCUT2D eigenvalue weighted by Crippen LogP contribution is 2.42. The first kappa shape index (κ1) is 25.1. The normalized spacial score (nSPS) is 23.2. The number of nitrogens with zero attached hydrogens (tertiary/aromatic N) is 3. The Hall–Kier alpha value is -2.87. The first-order chi connectivity index (χ1) is 19.0. The standard InChI is InChI=1S/C32H37N3O3S/c1-20-4-3-5-26(29-19-39-32(33-29)35-15-24-14-30(36)28(24)17-35)31(20)38-18-22-12-21(2)27-16-34(9-6-23(27)13-22)25-7-10-37-11-8-25/h3-5,12-14,19,24-25,28,36H,6-11,15-18H2,1-2H3/t24-,28-/m0/s1. The quantitative estimate of drug-likeness (QED) is 0.409. The molecule has 1 aliphatic carbocycles. The summed E-state index contributed by atoms with van der Waals surface area (Å²) in [6.45, 7) is 10.7. The monoisotopic (exact) mass is 543 g/mol. The average Bonchev–Trinajstić information content (AvgIpc) is 3.57. The van der Waals surface area contributed by atoms with E-state index in [-0.39, 0.29) is 5.92 Å². The molecule has 0 spiro atoms. The van der Waals surface area contributed by atoms with E-state index in [1.54, 1.807) is 11.3 Å². The van der Waals surface area contributed by atoms with Crippen molar-refractivity contribution < 1.29 is 14.6 Å². The number of fused-ring (bicyclic) bond motifs is 2. The molecule has 3 aliphatic heterocycles. The number of aromatic nitrogens is 1.